The number of amides is 1. The maximum Gasteiger partial charge on any atom is 0.435 e. The van der Waals surface area contributed by atoms with Crippen molar-refractivity contribution in [2.75, 3.05) is 31.6 Å². The maximum absolute atomic E-state index is 13.8. The van der Waals surface area contributed by atoms with Gasteiger partial charge in [-0.3, -0.25) is 13.9 Å². The molecule has 208 valence electrons. The van der Waals surface area contributed by atoms with Gasteiger partial charge in [-0.25, -0.2) is 9.97 Å². The molecule has 1 aromatic carbocycles. The van der Waals surface area contributed by atoms with Gasteiger partial charge in [0.25, 0.3) is 5.91 Å². The topological polar surface area (TPSA) is 124 Å². The highest BCUT2D eigenvalue weighted by molar-refractivity contribution is 5.96. The van der Waals surface area contributed by atoms with Crippen LogP contribution in [-0.2, 0) is 23.9 Å². The van der Waals surface area contributed by atoms with Gasteiger partial charge in [0.2, 0.25) is 0 Å². The molecule has 10 nitrogen and oxygen atoms in total. The number of alkyl halides is 3. The lowest BCUT2D eigenvalue weighted by molar-refractivity contribution is -0.141. The first kappa shape index (κ1) is 28.0. The zero-order chi connectivity index (χ0) is 28.0. The first-order valence-electron chi connectivity index (χ1n) is 12.7. The molecule has 0 radical (unpaired) electrons. The number of nitrogens with two attached hydrogens (primary N) is 1. The number of hydrogen-bond acceptors (Lipinski definition) is 7. The molecule has 0 aliphatic carbocycles. The Labute approximate surface area is 223 Å². The number of benzene rings is 1. The summed E-state index contributed by atoms with van der Waals surface area (Å²) in [7, 11) is 0. The fraction of sp³-hybridized carbons (Fsp3) is 0.385. The minimum atomic E-state index is -4.62. The average molecular weight is 545 g/mol. The van der Waals surface area contributed by atoms with Crippen LogP contribution in [0.2, 0.25) is 0 Å². The van der Waals surface area contributed by atoms with E-state index in [2.05, 4.69) is 25.7 Å². The molecule has 1 amide bonds. The second-order valence-corrected chi connectivity index (χ2v) is 8.77. The molecule has 0 saturated heterocycles. The molecule has 0 atom stereocenters. The molecule has 3 heterocycles. The number of nitrogens with one attached hydrogen (secondary N) is 2. The molecular weight excluding hydrogens is 513 g/mol. The lowest BCUT2D eigenvalue weighted by atomic mass is 10.0. The largest absolute Gasteiger partial charge is 0.435 e. The third-order valence-corrected chi connectivity index (χ3v) is 5.97. The quantitative estimate of drug-likeness (QED) is 0.230. The van der Waals surface area contributed by atoms with Gasteiger partial charge in [-0.15, -0.1) is 0 Å². The highest BCUT2D eigenvalue weighted by atomic mass is 19.4. The molecule has 4 aromatic rings. The van der Waals surface area contributed by atoms with Crippen molar-refractivity contribution in [1.82, 2.24) is 29.5 Å². The number of fused-ring (bicyclic) bond motifs is 1. The number of halogens is 3. The van der Waals surface area contributed by atoms with Crippen LogP contribution in [0.25, 0.3) is 16.9 Å². The van der Waals surface area contributed by atoms with Crippen molar-refractivity contribution in [1.29, 1.82) is 0 Å². The van der Waals surface area contributed by atoms with Gasteiger partial charge in [0, 0.05) is 49.5 Å². The van der Waals surface area contributed by atoms with Gasteiger partial charge in [0.05, 0.1) is 30.7 Å². The van der Waals surface area contributed by atoms with E-state index in [1.165, 1.54) is 23.3 Å². The maximum atomic E-state index is 13.8. The zero-order valence-corrected chi connectivity index (χ0v) is 21.8. The van der Waals surface area contributed by atoms with Crippen molar-refractivity contribution in [3.05, 3.63) is 59.8 Å². The smallest absolute Gasteiger partial charge is 0.378 e. The third kappa shape index (κ3) is 6.37. The summed E-state index contributed by atoms with van der Waals surface area (Å²) in [5, 5.41) is 9.79. The molecule has 4 rings (SSSR count). The van der Waals surface area contributed by atoms with Gasteiger partial charge in [0.15, 0.2) is 17.2 Å². The van der Waals surface area contributed by atoms with E-state index in [9.17, 15) is 18.0 Å². The second kappa shape index (κ2) is 12.3. The standard InChI is InChI=1S/C26H31F3N8O2/c1-3-10-36-16-20(22(35-36)26(27,28)29)21-15-33-24-23(31-8-11-37(21)24)34-18-5-6-19(17(4-2)14-18)25(38)32-9-13-39-12-7-30/h5-6,8,11,14-16H,3-4,7,9-10,12-13,30H2,1-2H3,(H,31,34)(H,32,38). The predicted molar refractivity (Wildman–Crippen MR) is 141 cm³/mol. The summed E-state index contributed by atoms with van der Waals surface area (Å²) in [6, 6.07) is 5.29. The van der Waals surface area contributed by atoms with E-state index in [-0.39, 0.29) is 17.2 Å². The third-order valence-electron chi connectivity index (χ3n) is 5.97. The number of imidazole rings is 1. The van der Waals surface area contributed by atoms with Crippen LogP contribution in [0, 0.1) is 0 Å². The Kier molecular flexibility index (Phi) is 8.82. The fourth-order valence-electron chi connectivity index (χ4n) is 4.21. The molecule has 0 aliphatic rings. The summed E-state index contributed by atoms with van der Waals surface area (Å²) in [4.78, 5) is 21.4. The predicted octanol–water partition coefficient (Wildman–Crippen LogP) is 4.03. The Balaban J connectivity index is 1.59. The SMILES string of the molecule is CCCn1cc(-c2cnc3c(Nc4ccc(C(=O)NCCOCCN)c(CC)c4)nccn23)c(C(F)(F)F)n1. The molecule has 0 aliphatic heterocycles. The van der Waals surface area contributed by atoms with Gasteiger partial charge in [0.1, 0.15) is 0 Å². The first-order chi connectivity index (χ1) is 18.8. The molecule has 13 heteroatoms. The van der Waals surface area contributed by atoms with Crippen molar-refractivity contribution in [3.8, 4) is 11.3 Å². The van der Waals surface area contributed by atoms with Gasteiger partial charge >= 0.3 is 6.18 Å². The number of rotatable bonds is 12. The van der Waals surface area contributed by atoms with E-state index in [0.29, 0.717) is 68.4 Å². The van der Waals surface area contributed by atoms with Gasteiger partial charge < -0.3 is 21.1 Å². The monoisotopic (exact) mass is 544 g/mol. The zero-order valence-electron chi connectivity index (χ0n) is 21.8. The van der Waals surface area contributed by atoms with E-state index >= 15 is 0 Å². The second-order valence-electron chi connectivity index (χ2n) is 8.77. The highest BCUT2D eigenvalue weighted by Gasteiger charge is 2.38. The van der Waals surface area contributed by atoms with Crippen molar-refractivity contribution < 1.29 is 22.7 Å². The number of anilines is 2. The highest BCUT2D eigenvalue weighted by Crippen LogP contribution is 2.37. The molecular formula is C26H31F3N8O2. The molecule has 4 N–H and O–H groups in total. The lowest BCUT2D eigenvalue weighted by Gasteiger charge is -2.13. The number of aryl methyl sites for hydroxylation is 2. The molecule has 3 aromatic heterocycles. The minimum absolute atomic E-state index is 0.0577. The van der Waals surface area contributed by atoms with E-state index in [1.54, 1.807) is 22.7 Å². The van der Waals surface area contributed by atoms with E-state index < -0.39 is 11.9 Å². The molecule has 0 bridgehead atoms. The number of carbonyl (C=O) groups excluding carboxylic acids is 1. The van der Waals surface area contributed by atoms with Gasteiger partial charge in [-0.05, 0) is 36.6 Å². The number of aromatic nitrogens is 5. The minimum Gasteiger partial charge on any atom is -0.378 e. The van der Waals surface area contributed by atoms with Crippen LogP contribution in [0.15, 0.2) is 43.0 Å². The van der Waals surface area contributed by atoms with Crippen molar-refractivity contribution in [2.45, 2.75) is 39.4 Å². The van der Waals surface area contributed by atoms with Gasteiger partial charge in [-0.1, -0.05) is 13.8 Å². The van der Waals surface area contributed by atoms with Crippen LogP contribution in [0.1, 0.15) is 41.9 Å². The van der Waals surface area contributed by atoms with E-state index in [1.807, 2.05) is 19.9 Å². The van der Waals surface area contributed by atoms with Crippen molar-refractivity contribution in [3.63, 3.8) is 0 Å². The number of nitrogens with zero attached hydrogens (tertiary/aromatic N) is 5. The molecule has 0 spiro atoms. The Morgan fingerprint density at radius 1 is 1.18 bits per heavy atom. The lowest BCUT2D eigenvalue weighted by Crippen LogP contribution is -2.28. The van der Waals surface area contributed by atoms with Crippen LogP contribution in [-0.4, -0.2) is 56.4 Å². The van der Waals surface area contributed by atoms with Crippen LogP contribution in [0.4, 0.5) is 24.7 Å². The Hall–Kier alpha value is -3.97. The summed E-state index contributed by atoms with van der Waals surface area (Å²) in [5.74, 6) is 0.145. The Bertz CT molecular complexity index is 1430. The fourth-order valence-corrected chi connectivity index (χ4v) is 4.21. The summed E-state index contributed by atoms with van der Waals surface area (Å²) in [6.07, 6.45) is 2.45. The normalized spacial score (nSPS) is 11.7. The van der Waals surface area contributed by atoms with Crippen LogP contribution in [0.5, 0.6) is 0 Å². The van der Waals surface area contributed by atoms with Gasteiger partial charge in [-0.2, -0.15) is 18.3 Å². The Morgan fingerprint density at radius 3 is 2.72 bits per heavy atom. The van der Waals surface area contributed by atoms with E-state index in [4.69, 9.17) is 10.5 Å². The summed E-state index contributed by atoms with van der Waals surface area (Å²) >= 11 is 0. The number of hydrogen-bond donors (Lipinski definition) is 3. The number of carbonyl (C=O) groups is 1. The summed E-state index contributed by atoms with van der Waals surface area (Å²) < 4.78 is 49.4. The molecule has 0 saturated carbocycles. The Morgan fingerprint density at radius 2 is 2.00 bits per heavy atom. The first-order valence-corrected chi connectivity index (χ1v) is 12.7. The van der Waals surface area contributed by atoms with Crippen LogP contribution >= 0.6 is 0 Å². The summed E-state index contributed by atoms with van der Waals surface area (Å²) in [6.45, 7) is 5.76. The van der Waals surface area contributed by atoms with Crippen molar-refractivity contribution >= 4 is 23.1 Å². The molecule has 39 heavy (non-hydrogen) atoms. The average Bonchev–Trinajstić information content (AvgIpc) is 3.53. The van der Waals surface area contributed by atoms with Crippen LogP contribution < -0.4 is 16.4 Å². The van der Waals surface area contributed by atoms with Crippen LogP contribution in [0.3, 0.4) is 0 Å². The van der Waals surface area contributed by atoms with E-state index in [0.717, 1.165) is 5.56 Å². The number of ether oxygens (including phenoxy) is 1. The summed E-state index contributed by atoms with van der Waals surface area (Å²) in [5.41, 5.74) is 6.98. The van der Waals surface area contributed by atoms with Crippen molar-refractivity contribution in [2.24, 2.45) is 5.73 Å². The molecule has 0 unspecified atom stereocenters. The molecule has 0 fully saturated rings.